The molecule has 3 rings (SSSR count). The number of fused-ring (bicyclic) bond motifs is 1. The third-order valence-electron chi connectivity index (χ3n) is 2.91. The van der Waals surface area contributed by atoms with E-state index in [1.54, 1.807) is 0 Å². The molecule has 18 heavy (non-hydrogen) atoms. The minimum atomic E-state index is -0.145. The van der Waals surface area contributed by atoms with Gasteiger partial charge in [0.05, 0.1) is 0 Å². The van der Waals surface area contributed by atoms with Crippen molar-refractivity contribution in [2.45, 2.75) is 6.42 Å². The Morgan fingerprint density at radius 3 is 2.11 bits per heavy atom. The standard InChI is InChI=1S/C15H12.2BrH.Zr/c1-2-6-12(7-3-1)15-10-13-8-4-5-9-14(13)11-15;;;/h1-10H,11H2;2*1H;/q;;;+2/p-2. The topological polar surface area (TPSA) is 0 Å². The van der Waals surface area contributed by atoms with Gasteiger partial charge >= 0.3 is 43.0 Å². The fourth-order valence-electron chi connectivity index (χ4n) is 2.12. The Morgan fingerprint density at radius 2 is 1.44 bits per heavy atom. The summed E-state index contributed by atoms with van der Waals surface area (Å²) in [5.74, 6) is 0. The van der Waals surface area contributed by atoms with Gasteiger partial charge in [-0.05, 0) is 28.7 Å². The summed E-state index contributed by atoms with van der Waals surface area (Å²) in [6.07, 6.45) is 3.37. The van der Waals surface area contributed by atoms with Crippen molar-refractivity contribution in [1.29, 1.82) is 0 Å². The maximum atomic E-state index is 3.23. The van der Waals surface area contributed by atoms with Crippen LogP contribution in [0.2, 0.25) is 0 Å². The SMILES string of the molecule is C1=C(c2ccccc2)Cc2ccccc21.[Br][Zr][Br]. The van der Waals surface area contributed by atoms with Gasteiger partial charge in [-0.1, -0.05) is 60.7 Å². The van der Waals surface area contributed by atoms with E-state index in [4.69, 9.17) is 0 Å². The number of halogens is 2. The molecule has 0 nitrogen and oxygen atoms in total. The molecule has 0 aromatic heterocycles. The van der Waals surface area contributed by atoms with Crippen molar-refractivity contribution in [2.75, 3.05) is 0 Å². The molecule has 0 atom stereocenters. The van der Waals surface area contributed by atoms with Gasteiger partial charge in [-0.3, -0.25) is 0 Å². The molecule has 0 saturated heterocycles. The minimum absolute atomic E-state index is 0.145. The maximum absolute atomic E-state index is 3.23. The summed E-state index contributed by atoms with van der Waals surface area (Å²) in [4.78, 5) is 0. The summed E-state index contributed by atoms with van der Waals surface area (Å²) in [7, 11) is 0. The van der Waals surface area contributed by atoms with Gasteiger partial charge in [0.1, 0.15) is 0 Å². The van der Waals surface area contributed by atoms with Crippen LogP contribution in [0.4, 0.5) is 0 Å². The van der Waals surface area contributed by atoms with Crippen LogP contribution in [0.5, 0.6) is 0 Å². The first-order valence-electron chi connectivity index (χ1n) is 5.65. The Labute approximate surface area is 131 Å². The van der Waals surface area contributed by atoms with Crippen molar-refractivity contribution < 1.29 is 18.5 Å². The van der Waals surface area contributed by atoms with Crippen molar-refractivity contribution in [1.82, 2.24) is 0 Å². The van der Waals surface area contributed by atoms with E-state index in [0.29, 0.717) is 0 Å². The Morgan fingerprint density at radius 1 is 0.833 bits per heavy atom. The third-order valence-corrected chi connectivity index (χ3v) is 2.91. The second-order valence-electron chi connectivity index (χ2n) is 3.98. The molecule has 2 aromatic rings. The van der Waals surface area contributed by atoms with Gasteiger partial charge in [0.15, 0.2) is 0 Å². The average Bonchev–Trinajstić information content (AvgIpc) is 2.84. The van der Waals surface area contributed by atoms with Crippen LogP contribution in [0.25, 0.3) is 11.6 Å². The predicted molar refractivity (Wildman–Crippen MR) is 82.3 cm³/mol. The van der Waals surface area contributed by atoms with Crippen molar-refractivity contribution >= 4 is 36.1 Å². The molecular weight excluding hydrogens is 431 g/mol. The van der Waals surface area contributed by atoms with Crippen LogP contribution in [0.3, 0.4) is 0 Å². The zero-order valence-electron chi connectivity index (χ0n) is 9.74. The van der Waals surface area contributed by atoms with Crippen molar-refractivity contribution in [3.8, 4) is 0 Å². The fraction of sp³-hybridized carbons (Fsp3) is 0.0667. The number of rotatable bonds is 1. The van der Waals surface area contributed by atoms with Gasteiger partial charge in [0.25, 0.3) is 0 Å². The molecule has 0 N–H and O–H groups in total. The summed E-state index contributed by atoms with van der Waals surface area (Å²) in [5, 5.41) is 0. The molecule has 3 heteroatoms. The van der Waals surface area contributed by atoms with E-state index in [0.717, 1.165) is 6.42 Å². The molecule has 0 aliphatic heterocycles. The van der Waals surface area contributed by atoms with Crippen LogP contribution >= 0.6 is 24.4 Å². The molecule has 1 aliphatic carbocycles. The van der Waals surface area contributed by atoms with Crippen LogP contribution in [-0.2, 0) is 25.0 Å². The molecule has 0 saturated carbocycles. The first-order chi connectivity index (χ1) is 8.85. The monoisotopic (exact) mass is 440 g/mol. The first kappa shape index (κ1) is 14.4. The third kappa shape index (κ3) is 3.76. The molecule has 0 heterocycles. The Bertz CT molecular complexity index is 535. The van der Waals surface area contributed by atoms with Crippen LogP contribution < -0.4 is 0 Å². The summed E-state index contributed by atoms with van der Waals surface area (Å²) >= 11 is 6.32. The van der Waals surface area contributed by atoms with Crippen LogP contribution in [-0.4, -0.2) is 0 Å². The molecule has 0 spiro atoms. The van der Waals surface area contributed by atoms with Gasteiger partial charge in [0, 0.05) is 0 Å². The Hall–Kier alpha value is 0.0231. The number of hydrogen-bond donors (Lipinski definition) is 0. The zero-order valence-corrected chi connectivity index (χ0v) is 15.4. The zero-order chi connectivity index (χ0) is 12.8. The summed E-state index contributed by atoms with van der Waals surface area (Å²) in [6, 6.07) is 19.2. The van der Waals surface area contributed by atoms with Crippen molar-refractivity contribution in [3.63, 3.8) is 0 Å². The number of allylic oxidation sites excluding steroid dienone is 1. The Balaban J connectivity index is 0.000000367. The second-order valence-corrected chi connectivity index (χ2v) is 15.3. The van der Waals surface area contributed by atoms with E-state index in [2.05, 4.69) is 85.1 Å². The first-order valence-corrected chi connectivity index (χ1v) is 16.9. The molecule has 0 fully saturated rings. The summed E-state index contributed by atoms with van der Waals surface area (Å²) in [5.41, 5.74) is 5.58. The second kappa shape index (κ2) is 7.57. The average molecular weight is 443 g/mol. The van der Waals surface area contributed by atoms with Crippen LogP contribution in [0.15, 0.2) is 54.6 Å². The van der Waals surface area contributed by atoms with E-state index in [9.17, 15) is 0 Å². The van der Waals surface area contributed by atoms with Crippen LogP contribution in [0.1, 0.15) is 16.7 Å². The quantitative estimate of drug-likeness (QED) is 0.548. The molecule has 2 aromatic carbocycles. The fourth-order valence-corrected chi connectivity index (χ4v) is 2.12. The molecule has 0 radical (unpaired) electrons. The molecule has 90 valence electrons. The van der Waals surface area contributed by atoms with E-state index < -0.39 is 0 Å². The van der Waals surface area contributed by atoms with E-state index in [1.165, 1.54) is 22.3 Å². The molecule has 0 amide bonds. The molecular formula is C15H12Br2Zr. The summed E-state index contributed by atoms with van der Waals surface area (Å²) in [6.45, 7) is 0. The van der Waals surface area contributed by atoms with Gasteiger partial charge in [0.2, 0.25) is 0 Å². The van der Waals surface area contributed by atoms with Gasteiger partial charge in [-0.2, -0.15) is 0 Å². The number of benzene rings is 2. The van der Waals surface area contributed by atoms with Crippen molar-refractivity contribution in [3.05, 3.63) is 71.3 Å². The predicted octanol–water partition coefficient (Wildman–Crippen LogP) is 5.47. The molecule has 0 unspecified atom stereocenters. The van der Waals surface area contributed by atoms with E-state index in [-0.39, 0.29) is 18.5 Å². The molecule has 0 bridgehead atoms. The normalized spacial score (nSPS) is 12.0. The van der Waals surface area contributed by atoms with E-state index in [1.807, 2.05) is 0 Å². The van der Waals surface area contributed by atoms with Gasteiger partial charge in [-0.15, -0.1) is 0 Å². The van der Waals surface area contributed by atoms with Crippen molar-refractivity contribution in [2.24, 2.45) is 0 Å². The number of hydrogen-bond acceptors (Lipinski definition) is 0. The van der Waals surface area contributed by atoms with Gasteiger partial charge in [-0.25, -0.2) is 0 Å². The summed E-state index contributed by atoms with van der Waals surface area (Å²) < 4.78 is 0. The Kier molecular flexibility index (Phi) is 6.07. The molecule has 1 aliphatic rings. The van der Waals surface area contributed by atoms with Gasteiger partial charge < -0.3 is 0 Å². The van der Waals surface area contributed by atoms with Crippen LogP contribution in [0, 0.1) is 0 Å². The van der Waals surface area contributed by atoms with E-state index >= 15 is 0 Å².